The Hall–Kier alpha value is -2.57. The van der Waals surface area contributed by atoms with Crippen LogP contribution in [0.5, 0.6) is 0 Å². The number of amides is 2. The van der Waals surface area contributed by atoms with E-state index >= 15 is 0 Å². The number of carbonyl (C=O) groups excluding carboxylic acids is 2. The van der Waals surface area contributed by atoms with Crippen molar-refractivity contribution in [3.8, 4) is 0 Å². The number of hydrogen-bond acceptors (Lipinski definition) is 3. The Morgan fingerprint density at radius 3 is 2.74 bits per heavy atom. The van der Waals surface area contributed by atoms with Gasteiger partial charge < -0.3 is 20.9 Å². The summed E-state index contributed by atoms with van der Waals surface area (Å²) in [6.45, 7) is 6.20. The van der Waals surface area contributed by atoms with Crippen molar-refractivity contribution in [3.63, 3.8) is 0 Å². The van der Waals surface area contributed by atoms with Gasteiger partial charge in [-0.3, -0.25) is 14.6 Å². The van der Waals surface area contributed by atoms with Crippen LogP contribution in [0.25, 0.3) is 0 Å². The summed E-state index contributed by atoms with van der Waals surface area (Å²) in [4.78, 5) is 30.6. The number of hydrogen-bond donors (Lipinski definition) is 3. The van der Waals surface area contributed by atoms with Gasteiger partial charge in [-0.2, -0.15) is 0 Å². The molecule has 31 heavy (non-hydrogen) atoms. The second-order valence-corrected chi connectivity index (χ2v) is 9.03. The van der Waals surface area contributed by atoms with Crippen LogP contribution >= 0.6 is 0 Å². The fourth-order valence-corrected chi connectivity index (χ4v) is 4.46. The topological polar surface area (TPSA) is 85.8 Å². The van der Waals surface area contributed by atoms with Gasteiger partial charge in [-0.25, -0.2) is 0 Å². The van der Waals surface area contributed by atoms with Gasteiger partial charge in [0.1, 0.15) is 0 Å². The molecule has 1 heterocycles. The summed E-state index contributed by atoms with van der Waals surface area (Å²) in [5, 5.41) is 9.94. The standard InChI is InChI=1S/C24H37N5O2/c1-17(2)27-23(31)20-9-5-10-21(14-20)28-24(25-3)26-15-18-7-4-8-19(13-18)16-29-12-6-11-22(29)30/h4,7-8,13,17,20-21H,5-6,9-12,14-16H2,1-3H3,(H,27,31)(H2,25,26,28). The summed E-state index contributed by atoms with van der Waals surface area (Å²) in [5.74, 6) is 1.24. The molecule has 1 aromatic rings. The molecule has 1 aliphatic heterocycles. The lowest BCUT2D eigenvalue weighted by molar-refractivity contribution is -0.128. The fourth-order valence-electron chi connectivity index (χ4n) is 4.46. The van der Waals surface area contributed by atoms with Crippen LogP contribution in [0.3, 0.4) is 0 Å². The summed E-state index contributed by atoms with van der Waals surface area (Å²) < 4.78 is 0. The van der Waals surface area contributed by atoms with Gasteiger partial charge in [-0.1, -0.05) is 30.7 Å². The van der Waals surface area contributed by atoms with Crippen molar-refractivity contribution in [2.75, 3.05) is 13.6 Å². The second kappa shape index (κ2) is 11.2. The first kappa shape index (κ1) is 23.1. The van der Waals surface area contributed by atoms with E-state index in [1.807, 2.05) is 24.8 Å². The monoisotopic (exact) mass is 427 g/mol. The number of aliphatic imine (C=N–C) groups is 1. The van der Waals surface area contributed by atoms with Gasteiger partial charge in [0.05, 0.1) is 0 Å². The van der Waals surface area contributed by atoms with Crippen molar-refractivity contribution in [3.05, 3.63) is 35.4 Å². The van der Waals surface area contributed by atoms with Gasteiger partial charge in [0.2, 0.25) is 11.8 Å². The number of rotatable bonds is 7. The Morgan fingerprint density at radius 1 is 1.23 bits per heavy atom. The molecule has 2 unspecified atom stereocenters. The van der Waals surface area contributed by atoms with Gasteiger partial charge in [-0.05, 0) is 50.7 Å². The lowest BCUT2D eigenvalue weighted by Gasteiger charge is -2.30. The van der Waals surface area contributed by atoms with Crippen LogP contribution in [0, 0.1) is 5.92 Å². The minimum atomic E-state index is 0.0664. The van der Waals surface area contributed by atoms with Crippen LogP contribution in [0.1, 0.15) is 63.5 Å². The lowest BCUT2D eigenvalue weighted by Crippen LogP contribution is -2.47. The molecule has 1 saturated carbocycles. The van der Waals surface area contributed by atoms with Crippen molar-refractivity contribution in [1.82, 2.24) is 20.9 Å². The van der Waals surface area contributed by atoms with E-state index in [4.69, 9.17) is 0 Å². The van der Waals surface area contributed by atoms with E-state index in [9.17, 15) is 9.59 Å². The van der Waals surface area contributed by atoms with Crippen molar-refractivity contribution in [2.45, 2.75) is 77.5 Å². The number of carbonyl (C=O) groups is 2. The van der Waals surface area contributed by atoms with Crippen molar-refractivity contribution < 1.29 is 9.59 Å². The van der Waals surface area contributed by atoms with E-state index in [2.05, 4.69) is 39.1 Å². The molecular formula is C24H37N5O2. The molecule has 3 rings (SSSR count). The first-order valence-electron chi connectivity index (χ1n) is 11.6. The molecule has 2 atom stereocenters. The highest BCUT2D eigenvalue weighted by Gasteiger charge is 2.28. The third-order valence-corrected chi connectivity index (χ3v) is 6.04. The normalized spacial score (nSPS) is 22.0. The molecule has 1 aliphatic carbocycles. The number of benzene rings is 1. The van der Waals surface area contributed by atoms with Crippen LogP contribution in [0.15, 0.2) is 29.3 Å². The number of nitrogens with one attached hydrogen (secondary N) is 3. The molecule has 170 valence electrons. The maximum Gasteiger partial charge on any atom is 0.223 e. The minimum Gasteiger partial charge on any atom is -0.354 e. The van der Waals surface area contributed by atoms with Gasteiger partial charge >= 0.3 is 0 Å². The smallest absolute Gasteiger partial charge is 0.223 e. The molecule has 0 bridgehead atoms. The second-order valence-electron chi connectivity index (χ2n) is 9.03. The van der Waals surface area contributed by atoms with Gasteiger partial charge in [0.15, 0.2) is 5.96 Å². The highest BCUT2D eigenvalue weighted by Crippen LogP contribution is 2.24. The molecule has 2 fully saturated rings. The molecule has 1 saturated heterocycles. The van der Waals surface area contributed by atoms with Crippen molar-refractivity contribution >= 4 is 17.8 Å². The summed E-state index contributed by atoms with van der Waals surface area (Å²) in [5.41, 5.74) is 2.31. The molecular weight excluding hydrogens is 390 g/mol. The molecule has 2 amide bonds. The summed E-state index contributed by atoms with van der Waals surface area (Å²) in [6.07, 6.45) is 5.51. The Kier molecular flexibility index (Phi) is 8.32. The Labute approximate surface area is 186 Å². The molecule has 1 aromatic carbocycles. The average molecular weight is 428 g/mol. The third kappa shape index (κ3) is 6.97. The maximum atomic E-state index is 12.4. The van der Waals surface area contributed by atoms with Gasteiger partial charge in [0.25, 0.3) is 0 Å². The minimum absolute atomic E-state index is 0.0664. The van der Waals surface area contributed by atoms with Crippen molar-refractivity contribution in [2.24, 2.45) is 10.9 Å². The molecule has 7 nitrogen and oxygen atoms in total. The lowest BCUT2D eigenvalue weighted by atomic mass is 9.85. The summed E-state index contributed by atoms with van der Waals surface area (Å²) >= 11 is 0. The highest BCUT2D eigenvalue weighted by atomic mass is 16.2. The predicted octanol–water partition coefficient (Wildman–Crippen LogP) is 2.56. The fraction of sp³-hybridized carbons (Fsp3) is 0.625. The first-order valence-corrected chi connectivity index (χ1v) is 11.6. The zero-order valence-corrected chi connectivity index (χ0v) is 19.1. The molecule has 2 aliphatic rings. The van der Waals surface area contributed by atoms with Crippen LogP contribution < -0.4 is 16.0 Å². The Balaban J connectivity index is 1.49. The Bertz CT molecular complexity index is 792. The number of guanidine groups is 1. The molecule has 0 radical (unpaired) electrons. The van der Waals surface area contributed by atoms with Crippen LogP contribution in [0.2, 0.25) is 0 Å². The van der Waals surface area contributed by atoms with Crippen LogP contribution in [0.4, 0.5) is 0 Å². The SMILES string of the molecule is CN=C(NCc1cccc(CN2CCCC2=O)c1)NC1CCCC(C(=O)NC(C)C)C1. The molecule has 0 spiro atoms. The van der Waals surface area contributed by atoms with E-state index in [0.717, 1.165) is 55.7 Å². The molecule has 0 aromatic heterocycles. The van der Waals surface area contributed by atoms with E-state index < -0.39 is 0 Å². The average Bonchev–Trinajstić information content (AvgIpc) is 3.15. The maximum absolute atomic E-state index is 12.4. The van der Waals surface area contributed by atoms with E-state index in [1.165, 1.54) is 0 Å². The molecule has 7 heteroatoms. The van der Waals surface area contributed by atoms with Crippen LogP contribution in [-0.4, -0.2) is 48.3 Å². The largest absolute Gasteiger partial charge is 0.354 e. The number of nitrogens with zero attached hydrogens (tertiary/aromatic N) is 2. The van der Waals surface area contributed by atoms with Crippen LogP contribution in [-0.2, 0) is 22.7 Å². The van der Waals surface area contributed by atoms with E-state index in [0.29, 0.717) is 19.5 Å². The Morgan fingerprint density at radius 2 is 2.03 bits per heavy atom. The summed E-state index contributed by atoms with van der Waals surface area (Å²) in [7, 11) is 1.77. The van der Waals surface area contributed by atoms with Gasteiger partial charge in [-0.15, -0.1) is 0 Å². The highest BCUT2D eigenvalue weighted by molar-refractivity contribution is 5.81. The van der Waals surface area contributed by atoms with Gasteiger partial charge in [0, 0.05) is 51.1 Å². The van der Waals surface area contributed by atoms with E-state index in [1.54, 1.807) is 7.05 Å². The molecule has 3 N–H and O–H groups in total. The zero-order valence-electron chi connectivity index (χ0n) is 19.1. The third-order valence-electron chi connectivity index (χ3n) is 6.04. The zero-order chi connectivity index (χ0) is 22.2. The summed E-state index contributed by atoms with van der Waals surface area (Å²) in [6, 6.07) is 8.78. The van der Waals surface area contributed by atoms with E-state index in [-0.39, 0.29) is 29.8 Å². The number of likely N-dealkylation sites (tertiary alicyclic amines) is 1. The quantitative estimate of drug-likeness (QED) is 0.461. The first-order chi connectivity index (χ1) is 14.9. The van der Waals surface area contributed by atoms with Crippen molar-refractivity contribution in [1.29, 1.82) is 0 Å². The predicted molar refractivity (Wildman–Crippen MR) is 123 cm³/mol.